The van der Waals surface area contributed by atoms with Gasteiger partial charge in [0, 0.05) is 25.2 Å². The predicted octanol–water partition coefficient (Wildman–Crippen LogP) is 3.01. The summed E-state index contributed by atoms with van der Waals surface area (Å²) >= 11 is 0. The van der Waals surface area contributed by atoms with Gasteiger partial charge in [-0.1, -0.05) is 36.4 Å². The summed E-state index contributed by atoms with van der Waals surface area (Å²) in [4.78, 5) is 6.31. The van der Waals surface area contributed by atoms with Crippen LogP contribution in [0.5, 0.6) is 0 Å². The third-order valence-corrected chi connectivity index (χ3v) is 6.98. The molecular weight excluding hydrogens is 350 g/mol. The first-order valence-electron chi connectivity index (χ1n) is 8.59. The maximum Gasteiger partial charge on any atom is 0.179 e. The first kappa shape index (κ1) is 17.1. The molecule has 1 aromatic heterocycles. The van der Waals surface area contributed by atoms with Gasteiger partial charge in [0.15, 0.2) is 6.19 Å². The van der Waals surface area contributed by atoms with E-state index in [1.54, 1.807) is 19.6 Å². The summed E-state index contributed by atoms with van der Waals surface area (Å²) in [6.45, 7) is 2.24. The molecule has 1 unspecified atom stereocenters. The van der Waals surface area contributed by atoms with Crippen molar-refractivity contribution in [3.63, 3.8) is 0 Å². The number of benzene rings is 1. The van der Waals surface area contributed by atoms with Crippen molar-refractivity contribution in [2.24, 2.45) is 0 Å². The zero-order valence-corrected chi connectivity index (χ0v) is 15.1. The lowest BCUT2D eigenvalue weighted by Gasteiger charge is -2.44. The second-order valence-corrected chi connectivity index (χ2v) is 8.36. The Labute approximate surface area is 154 Å². The Morgan fingerprint density at radius 3 is 2.58 bits per heavy atom. The average Bonchev–Trinajstić information content (AvgIpc) is 3.26. The molecule has 0 bridgehead atoms. The highest BCUT2D eigenvalue weighted by Gasteiger charge is 2.43. The van der Waals surface area contributed by atoms with Crippen molar-refractivity contribution < 1.29 is 9.11 Å². The van der Waals surface area contributed by atoms with E-state index in [1.807, 2.05) is 42.5 Å². The molecule has 0 amide bonds. The van der Waals surface area contributed by atoms with Crippen LogP contribution in [0.15, 0.2) is 48.5 Å². The van der Waals surface area contributed by atoms with Crippen molar-refractivity contribution >= 4 is 16.8 Å². The van der Waals surface area contributed by atoms with Crippen LogP contribution in [0.3, 0.4) is 0 Å². The molecule has 2 aliphatic rings. The van der Waals surface area contributed by atoms with Crippen LogP contribution in [0.25, 0.3) is 11.3 Å². The zero-order chi connectivity index (χ0) is 18.1. The Kier molecular flexibility index (Phi) is 4.46. The van der Waals surface area contributed by atoms with Gasteiger partial charge in [0.1, 0.15) is 5.82 Å². The van der Waals surface area contributed by atoms with E-state index in [0.717, 1.165) is 17.7 Å². The van der Waals surface area contributed by atoms with Gasteiger partial charge in [-0.05, 0) is 29.5 Å². The Hall–Kier alpha value is -2.31. The van der Waals surface area contributed by atoms with Gasteiger partial charge in [0.2, 0.25) is 0 Å². The lowest BCUT2D eigenvalue weighted by molar-refractivity contribution is 0.310. The fraction of sp³-hybridized carbons (Fsp3) is 0.333. The topological polar surface area (TPSA) is 86.9 Å². The Morgan fingerprint density at radius 2 is 1.85 bits per heavy atom. The minimum absolute atomic E-state index is 0.0260. The molecule has 136 valence electrons. The number of hydrogen-bond donors (Lipinski definition) is 2. The summed E-state index contributed by atoms with van der Waals surface area (Å²) in [6, 6.07) is 15.4. The molecule has 3 heterocycles. The highest BCUT2D eigenvalue weighted by molar-refractivity contribution is 8.23. The van der Waals surface area contributed by atoms with Crippen LogP contribution in [0.1, 0.15) is 6.42 Å². The van der Waals surface area contributed by atoms with Gasteiger partial charge in [0.25, 0.3) is 0 Å². The van der Waals surface area contributed by atoms with Crippen molar-refractivity contribution in [3.8, 4) is 17.5 Å². The Morgan fingerprint density at radius 1 is 1.04 bits per heavy atom. The van der Waals surface area contributed by atoms with Crippen LogP contribution in [-0.2, 0) is 0 Å². The normalized spacial score (nSPS) is 23.8. The highest BCUT2D eigenvalue weighted by Crippen LogP contribution is 2.54. The average molecular weight is 371 g/mol. The van der Waals surface area contributed by atoms with Gasteiger partial charge in [-0.3, -0.25) is 9.11 Å². The molecule has 1 atom stereocenters. The molecule has 4 rings (SSSR count). The van der Waals surface area contributed by atoms with Gasteiger partial charge in [0.05, 0.1) is 18.3 Å². The third-order valence-electron chi connectivity index (χ3n) is 4.91. The minimum atomic E-state index is -3.13. The monoisotopic (exact) mass is 371 g/mol. The fourth-order valence-corrected chi connectivity index (χ4v) is 5.41. The van der Waals surface area contributed by atoms with Gasteiger partial charge in [-0.2, -0.15) is 9.57 Å². The summed E-state index contributed by atoms with van der Waals surface area (Å²) in [7, 11) is -3.13. The molecule has 0 spiro atoms. The molecular formula is C18H21N5O2S. The Bertz CT molecular complexity index is 826. The van der Waals surface area contributed by atoms with E-state index >= 15 is 0 Å². The molecule has 7 nitrogen and oxygen atoms in total. The molecule has 0 saturated carbocycles. The van der Waals surface area contributed by atoms with Crippen molar-refractivity contribution in [2.75, 3.05) is 30.5 Å². The number of rotatable bonds is 3. The van der Waals surface area contributed by atoms with Crippen LogP contribution in [-0.4, -0.2) is 55.5 Å². The summed E-state index contributed by atoms with van der Waals surface area (Å²) in [5.74, 6) is 0.559. The van der Waals surface area contributed by atoms with Crippen molar-refractivity contribution in [2.45, 2.75) is 12.5 Å². The summed E-state index contributed by atoms with van der Waals surface area (Å²) in [6.07, 6.45) is 2.90. The second kappa shape index (κ2) is 6.78. The summed E-state index contributed by atoms with van der Waals surface area (Å²) in [5, 5.41) is 9.04. The first-order chi connectivity index (χ1) is 12.6. The van der Waals surface area contributed by atoms with E-state index in [1.165, 1.54) is 0 Å². The molecule has 2 aliphatic heterocycles. The van der Waals surface area contributed by atoms with Crippen LogP contribution >= 0.6 is 11.0 Å². The van der Waals surface area contributed by atoms with E-state index in [0.29, 0.717) is 32.0 Å². The highest BCUT2D eigenvalue weighted by atomic mass is 32.3. The fourth-order valence-electron chi connectivity index (χ4n) is 3.58. The molecule has 2 aromatic rings. The van der Waals surface area contributed by atoms with Crippen LogP contribution in [0.2, 0.25) is 0 Å². The van der Waals surface area contributed by atoms with E-state index in [2.05, 4.69) is 11.2 Å². The van der Waals surface area contributed by atoms with Gasteiger partial charge in [-0.25, -0.2) is 9.29 Å². The van der Waals surface area contributed by atoms with E-state index in [-0.39, 0.29) is 6.04 Å². The molecule has 0 radical (unpaired) electrons. The molecule has 2 saturated heterocycles. The summed E-state index contributed by atoms with van der Waals surface area (Å²) in [5.41, 5.74) is 1.79. The number of aromatic nitrogens is 1. The molecule has 26 heavy (non-hydrogen) atoms. The minimum Gasteiger partial charge on any atom is -0.309 e. The number of anilines is 1. The number of nitrogens with zero attached hydrogens (tertiary/aromatic N) is 5. The molecule has 2 N–H and O–H groups in total. The number of likely N-dealkylation sites (tertiary alicyclic amines) is 1. The van der Waals surface area contributed by atoms with Gasteiger partial charge < -0.3 is 4.90 Å². The third kappa shape index (κ3) is 2.99. The molecule has 2 fully saturated rings. The molecule has 0 aliphatic carbocycles. The first-order valence-corrected chi connectivity index (χ1v) is 10.1. The second-order valence-electron chi connectivity index (χ2n) is 6.47. The lowest BCUT2D eigenvalue weighted by Crippen LogP contribution is -2.38. The maximum absolute atomic E-state index is 10.9. The lowest BCUT2D eigenvalue weighted by atomic mass is 10.1. The van der Waals surface area contributed by atoms with Crippen LogP contribution in [0.4, 0.5) is 5.82 Å². The number of hydrogen-bond acceptors (Lipinski definition) is 7. The molecule has 1 aromatic carbocycles. The quantitative estimate of drug-likeness (QED) is 0.802. The largest absolute Gasteiger partial charge is 0.309 e. The van der Waals surface area contributed by atoms with E-state index in [4.69, 9.17) is 5.26 Å². The van der Waals surface area contributed by atoms with Crippen molar-refractivity contribution in [1.82, 2.24) is 14.2 Å². The smallest absolute Gasteiger partial charge is 0.179 e. The van der Waals surface area contributed by atoms with Crippen molar-refractivity contribution in [3.05, 3.63) is 48.5 Å². The van der Waals surface area contributed by atoms with E-state index < -0.39 is 11.0 Å². The molecule has 8 heteroatoms. The van der Waals surface area contributed by atoms with Crippen molar-refractivity contribution in [1.29, 1.82) is 5.26 Å². The number of pyridine rings is 1. The Balaban J connectivity index is 1.58. The predicted molar refractivity (Wildman–Crippen MR) is 102 cm³/mol. The van der Waals surface area contributed by atoms with Crippen LogP contribution in [0, 0.1) is 11.5 Å². The van der Waals surface area contributed by atoms with Gasteiger partial charge >= 0.3 is 0 Å². The standard InChI is InChI=1S/C18H21N5O2S/c19-14-21-10-9-16(13-21)22-11-12-23(26(22,24)25)18-8-4-7-17(20-18)15-5-2-1-3-6-15/h1-8,16,24-25H,9-13H2. The van der Waals surface area contributed by atoms with Gasteiger partial charge in [-0.15, -0.1) is 0 Å². The number of nitriles is 1. The zero-order valence-electron chi connectivity index (χ0n) is 14.3. The summed E-state index contributed by atoms with van der Waals surface area (Å²) < 4.78 is 25.1. The van der Waals surface area contributed by atoms with Crippen LogP contribution < -0.4 is 4.31 Å². The SMILES string of the molecule is N#CN1CCC(N2CCN(c3cccc(-c4ccccc4)n3)S2(O)O)C1. The van der Waals surface area contributed by atoms with E-state index in [9.17, 15) is 9.11 Å². The maximum atomic E-state index is 10.9.